The van der Waals surface area contributed by atoms with E-state index in [0.717, 1.165) is 0 Å². The molecule has 0 spiro atoms. The molecule has 18 heteroatoms. The van der Waals surface area contributed by atoms with Crippen LogP contribution in [0.2, 0.25) is 0 Å². The summed E-state index contributed by atoms with van der Waals surface area (Å²) in [5, 5.41) is 0.522. The fraction of sp³-hybridized carbons (Fsp3) is 1.00. The minimum atomic E-state index is -9.06. The summed E-state index contributed by atoms with van der Waals surface area (Å²) in [6, 6.07) is 0. The van der Waals surface area contributed by atoms with Gasteiger partial charge in [0.1, 0.15) is 0 Å². The van der Waals surface area contributed by atoms with E-state index in [1.165, 1.54) is 0 Å². The van der Waals surface area contributed by atoms with Crippen LogP contribution >= 0.6 is 7.83 Å². The molecule has 0 aromatic carbocycles. The van der Waals surface area contributed by atoms with Crippen molar-refractivity contribution in [2.45, 2.75) is 62.2 Å². The zero-order chi connectivity index (χ0) is 23.1. The number of hydrogen-bond acceptors (Lipinski definition) is 3. The molecule has 0 saturated carbocycles. The maximum absolute atomic E-state index is 14.5. The van der Waals surface area contributed by atoms with Gasteiger partial charge in [-0.3, -0.25) is 0 Å². The van der Waals surface area contributed by atoms with Crippen molar-refractivity contribution in [3.8, 4) is 0 Å². The van der Waals surface area contributed by atoms with Crippen LogP contribution in [0.3, 0.4) is 0 Å². The van der Waals surface area contributed by atoms with Crippen LogP contribution in [0.5, 0.6) is 0 Å². The minimum absolute atomic E-state index is 0.522. The summed E-state index contributed by atoms with van der Waals surface area (Å²) >= 11 is 0. The van der Waals surface area contributed by atoms with Gasteiger partial charge in [0, 0.05) is 0 Å². The Morgan fingerprint density at radius 2 is 0.786 bits per heavy atom. The van der Waals surface area contributed by atoms with Gasteiger partial charge in [0.25, 0.3) is 0 Å². The number of alkyl halides is 12. The van der Waals surface area contributed by atoms with E-state index in [9.17, 15) is 61.1 Å². The van der Waals surface area contributed by atoms with Crippen molar-refractivity contribution in [2.24, 2.45) is 0 Å². The van der Waals surface area contributed by atoms with E-state index in [0.29, 0.717) is 25.9 Å². The zero-order valence-corrected chi connectivity index (χ0v) is 14.4. The molecule has 3 nitrogen and oxygen atoms in total. The number of nitrogens with one attached hydrogen (secondary N) is 1. The molecule has 0 unspecified atom stereocenters. The second kappa shape index (κ2) is 5.72. The third-order valence-electron chi connectivity index (χ3n) is 3.18. The Bertz CT molecular complexity index is 552. The first-order valence-corrected chi connectivity index (χ1v) is 8.46. The summed E-state index contributed by atoms with van der Waals surface area (Å²) in [7, 11) is -9.06. The van der Waals surface area contributed by atoms with Gasteiger partial charge in [-0.1, -0.05) is 0 Å². The van der Waals surface area contributed by atoms with Gasteiger partial charge in [-0.25, -0.2) is 0 Å². The maximum atomic E-state index is 14.5. The molecule has 1 aliphatic rings. The normalized spacial score (nSPS) is 26.5. The first kappa shape index (κ1) is 25.4. The second-order valence-electron chi connectivity index (χ2n) is 6.66. The Morgan fingerprint density at radius 1 is 0.571 bits per heavy atom. The molecular weight excluding hydrogens is 463 g/mol. The Kier molecular flexibility index (Phi) is 5.18. The van der Waals surface area contributed by atoms with Gasteiger partial charge in [-0.15, -0.1) is 0 Å². The Hall–Kier alpha value is -0.670. The summed E-state index contributed by atoms with van der Waals surface area (Å²) in [6.07, 6.45) is -30.7. The summed E-state index contributed by atoms with van der Waals surface area (Å²) in [4.78, 5) is 0. The molecule has 0 atom stereocenters. The molecule has 0 amide bonds. The molecule has 0 aromatic heterocycles. The molecule has 1 saturated heterocycles. The molecule has 1 aliphatic heterocycles. The zero-order valence-electron chi connectivity index (χ0n) is 13.6. The van der Waals surface area contributed by atoms with Crippen LogP contribution in [0.25, 0.3) is 0 Å². The van der Waals surface area contributed by atoms with Crippen molar-refractivity contribution in [3.05, 3.63) is 0 Å². The number of halogens is 14. The van der Waals surface area contributed by atoms with Crippen LogP contribution in [-0.2, 0) is 9.05 Å². The van der Waals surface area contributed by atoms with Crippen LogP contribution in [-0.4, -0.2) is 41.4 Å². The first-order valence-electron chi connectivity index (χ1n) is 6.60. The van der Waals surface area contributed by atoms with E-state index in [1.807, 2.05) is 0 Å². The third kappa shape index (κ3) is 3.51. The van der Waals surface area contributed by atoms with Crippen molar-refractivity contribution >= 4 is 7.83 Å². The molecule has 28 heavy (non-hydrogen) atoms. The standard InChI is InChI=1S/C10H10F14NO2P/c1-4(2,3)25-28(23,24)26-5(7(11,12)13,8(14,15)16)6(27-28,9(17,18)19)10(20,21)22/h25H,1-3H3. The van der Waals surface area contributed by atoms with Crippen LogP contribution in [0.4, 0.5) is 61.1 Å². The quantitative estimate of drug-likeness (QED) is 0.363. The van der Waals surface area contributed by atoms with Gasteiger partial charge in [0.2, 0.25) is 0 Å². The average Bonchev–Trinajstić information content (AvgIpc) is 2.50. The molecule has 0 radical (unpaired) electrons. The van der Waals surface area contributed by atoms with E-state index in [-0.39, 0.29) is 0 Å². The van der Waals surface area contributed by atoms with Gasteiger partial charge in [-0.2, -0.15) is 0 Å². The first-order chi connectivity index (χ1) is 11.7. The van der Waals surface area contributed by atoms with Gasteiger partial charge in [-0.05, 0) is 0 Å². The molecule has 1 N–H and O–H groups in total. The van der Waals surface area contributed by atoms with Gasteiger partial charge in [0.15, 0.2) is 0 Å². The summed E-state index contributed by atoms with van der Waals surface area (Å²) in [5.74, 6) is 0. The average molecular weight is 473 g/mol. The van der Waals surface area contributed by atoms with E-state index < -0.39 is 49.3 Å². The fourth-order valence-electron chi connectivity index (χ4n) is 2.50. The van der Waals surface area contributed by atoms with Crippen molar-refractivity contribution in [2.75, 3.05) is 0 Å². The Morgan fingerprint density at radius 3 is 0.929 bits per heavy atom. The van der Waals surface area contributed by atoms with Crippen LogP contribution in [0.15, 0.2) is 0 Å². The SMILES string of the molecule is CC(C)(C)NP1(F)(F)OC(C(F)(F)F)(C(F)(F)F)C(C(F)(F)F)(C(F)(F)F)O1. The number of rotatable bonds is 1. The van der Waals surface area contributed by atoms with Gasteiger partial charge >= 0.3 is 145 Å². The van der Waals surface area contributed by atoms with Crippen molar-refractivity contribution < 1.29 is 70.1 Å². The fourth-order valence-corrected chi connectivity index (χ4v) is 5.27. The van der Waals surface area contributed by atoms with E-state index in [4.69, 9.17) is 0 Å². The molecule has 0 aromatic rings. The topological polar surface area (TPSA) is 30.5 Å². The molecule has 170 valence electrons. The van der Waals surface area contributed by atoms with Crippen LogP contribution in [0, 0.1) is 0 Å². The Balaban J connectivity index is 4.19. The van der Waals surface area contributed by atoms with Crippen molar-refractivity contribution in [1.29, 1.82) is 0 Å². The van der Waals surface area contributed by atoms with E-state index >= 15 is 0 Å². The number of hydrogen-bond donors (Lipinski definition) is 1. The van der Waals surface area contributed by atoms with Crippen LogP contribution in [0.1, 0.15) is 20.8 Å². The van der Waals surface area contributed by atoms with Crippen LogP contribution < -0.4 is 5.09 Å². The van der Waals surface area contributed by atoms with E-state index in [1.54, 1.807) is 0 Å². The third-order valence-corrected chi connectivity index (χ3v) is 5.36. The summed E-state index contributed by atoms with van der Waals surface area (Å²) in [5.41, 5.74) is -17.4. The van der Waals surface area contributed by atoms with Crippen molar-refractivity contribution in [1.82, 2.24) is 5.09 Å². The molecule has 1 rings (SSSR count). The second-order valence-corrected chi connectivity index (χ2v) is 8.78. The predicted molar refractivity (Wildman–Crippen MR) is 63.9 cm³/mol. The Labute approximate surface area is 146 Å². The molecular formula is C10H10F14NO2P. The van der Waals surface area contributed by atoms with Crippen molar-refractivity contribution in [3.63, 3.8) is 0 Å². The van der Waals surface area contributed by atoms with Gasteiger partial charge in [0.05, 0.1) is 0 Å². The monoisotopic (exact) mass is 473 g/mol. The molecule has 1 fully saturated rings. The summed E-state index contributed by atoms with van der Waals surface area (Å²) in [6.45, 7) is 1.78. The summed E-state index contributed by atoms with van der Waals surface area (Å²) < 4.78 is 192. The molecule has 0 bridgehead atoms. The van der Waals surface area contributed by atoms with E-state index in [2.05, 4.69) is 9.05 Å². The predicted octanol–water partition coefficient (Wildman–Crippen LogP) is 6.22. The molecule has 0 aliphatic carbocycles. The molecule has 1 heterocycles. The van der Waals surface area contributed by atoms with Gasteiger partial charge < -0.3 is 0 Å².